The van der Waals surface area contributed by atoms with Gasteiger partial charge in [-0.3, -0.25) is 14.6 Å². The van der Waals surface area contributed by atoms with E-state index in [1.807, 2.05) is 4.98 Å². The summed E-state index contributed by atoms with van der Waals surface area (Å²) in [5.74, 6) is -1.73. The summed E-state index contributed by atoms with van der Waals surface area (Å²) in [6.45, 7) is 0.296. The molecule has 2 rings (SSSR count). The number of amides is 1. The molecule has 1 aromatic heterocycles. The summed E-state index contributed by atoms with van der Waals surface area (Å²) in [7, 11) is 0. The number of hydrogen-bond acceptors (Lipinski definition) is 4. The second-order valence-corrected chi connectivity index (χ2v) is 4.35. The lowest BCUT2D eigenvalue weighted by atomic mass is 10.0. The van der Waals surface area contributed by atoms with Crippen molar-refractivity contribution in [1.82, 2.24) is 14.9 Å². The molecule has 1 aromatic rings. The molecule has 1 fully saturated rings. The SMILES string of the molecule is O=C(O)C1CCCCN1C(=O)c1cc(=O)[nH]c(=O)[nH]1. The molecule has 0 saturated carbocycles. The standard InChI is InChI=1S/C11H13N3O5/c15-8-5-6(12-11(19)13-8)9(16)14-4-2-1-3-7(14)10(17)18/h5,7H,1-4H2,(H,17,18)(H2,12,13,15,19). The lowest BCUT2D eigenvalue weighted by molar-refractivity contribution is -0.143. The molecule has 1 unspecified atom stereocenters. The van der Waals surface area contributed by atoms with Crippen molar-refractivity contribution in [2.45, 2.75) is 25.3 Å². The van der Waals surface area contributed by atoms with Gasteiger partial charge in [-0.05, 0) is 19.3 Å². The predicted octanol–water partition coefficient (Wildman–Crippen LogP) is -0.857. The van der Waals surface area contributed by atoms with Crippen molar-refractivity contribution in [1.29, 1.82) is 0 Å². The van der Waals surface area contributed by atoms with E-state index in [1.54, 1.807) is 0 Å². The minimum Gasteiger partial charge on any atom is -0.480 e. The molecule has 0 aromatic carbocycles. The zero-order chi connectivity index (χ0) is 14.0. The second kappa shape index (κ2) is 5.09. The quantitative estimate of drug-likeness (QED) is 0.643. The van der Waals surface area contributed by atoms with Crippen LogP contribution < -0.4 is 11.2 Å². The second-order valence-electron chi connectivity index (χ2n) is 4.35. The van der Waals surface area contributed by atoms with Crippen LogP contribution in [0.4, 0.5) is 0 Å². The van der Waals surface area contributed by atoms with Gasteiger partial charge < -0.3 is 15.0 Å². The number of rotatable bonds is 2. The summed E-state index contributed by atoms with van der Waals surface area (Å²) in [6, 6.07) is 0.0427. The molecule has 102 valence electrons. The number of aromatic nitrogens is 2. The van der Waals surface area contributed by atoms with E-state index in [9.17, 15) is 19.2 Å². The molecule has 1 amide bonds. The highest BCUT2D eigenvalue weighted by atomic mass is 16.4. The van der Waals surface area contributed by atoms with E-state index in [2.05, 4.69) is 4.98 Å². The van der Waals surface area contributed by atoms with Crippen LogP contribution in [-0.2, 0) is 4.79 Å². The van der Waals surface area contributed by atoms with E-state index in [1.165, 1.54) is 4.90 Å². The van der Waals surface area contributed by atoms with Gasteiger partial charge in [-0.25, -0.2) is 9.59 Å². The average Bonchev–Trinajstić information content (AvgIpc) is 2.36. The van der Waals surface area contributed by atoms with Gasteiger partial charge in [0.05, 0.1) is 0 Å². The molecule has 3 N–H and O–H groups in total. The van der Waals surface area contributed by atoms with E-state index < -0.39 is 29.2 Å². The number of likely N-dealkylation sites (tertiary alicyclic amines) is 1. The molecule has 0 radical (unpaired) electrons. The zero-order valence-corrected chi connectivity index (χ0v) is 10.0. The summed E-state index contributed by atoms with van der Waals surface area (Å²) in [6.07, 6.45) is 1.80. The third-order valence-corrected chi connectivity index (χ3v) is 3.04. The maximum atomic E-state index is 12.2. The van der Waals surface area contributed by atoms with Crippen molar-refractivity contribution in [3.8, 4) is 0 Å². The summed E-state index contributed by atoms with van der Waals surface area (Å²) < 4.78 is 0. The van der Waals surface area contributed by atoms with E-state index in [4.69, 9.17) is 5.11 Å². The Kier molecular flexibility index (Phi) is 3.50. The lowest BCUT2D eigenvalue weighted by Crippen LogP contribution is -2.48. The van der Waals surface area contributed by atoms with Gasteiger partial charge >= 0.3 is 11.7 Å². The number of aliphatic carboxylic acids is 1. The van der Waals surface area contributed by atoms with Crippen LogP contribution in [-0.4, -0.2) is 44.4 Å². The molecule has 8 nitrogen and oxygen atoms in total. The molecule has 8 heteroatoms. The van der Waals surface area contributed by atoms with E-state index in [0.717, 1.165) is 12.5 Å². The summed E-state index contributed by atoms with van der Waals surface area (Å²) in [4.78, 5) is 50.9. The summed E-state index contributed by atoms with van der Waals surface area (Å²) in [5, 5.41) is 9.08. The van der Waals surface area contributed by atoms with Crippen LogP contribution in [0.15, 0.2) is 15.7 Å². The first-order valence-electron chi connectivity index (χ1n) is 5.86. The maximum absolute atomic E-state index is 12.2. The number of piperidine rings is 1. The minimum atomic E-state index is -1.08. The van der Waals surface area contributed by atoms with Gasteiger partial charge in [0.25, 0.3) is 11.5 Å². The number of nitrogens with one attached hydrogen (secondary N) is 2. The minimum absolute atomic E-state index is 0.193. The first kappa shape index (κ1) is 13.1. The highest BCUT2D eigenvalue weighted by Gasteiger charge is 2.32. The Bertz CT molecular complexity index is 589. The van der Waals surface area contributed by atoms with Crippen LogP contribution in [0, 0.1) is 0 Å². The number of carbonyl (C=O) groups excluding carboxylic acids is 1. The van der Waals surface area contributed by atoms with Gasteiger partial charge in [0.15, 0.2) is 0 Å². The molecule has 1 aliphatic heterocycles. The number of aromatic amines is 2. The fourth-order valence-corrected chi connectivity index (χ4v) is 2.17. The molecular formula is C11H13N3O5. The molecule has 0 bridgehead atoms. The zero-order valence-electron chi connectivity index (χ0n) is 10.0. The Morgan fingerprint density at radius 3 is 2.63 bits per heavy atom. The number of H-pyrrole nitrogens is 2. The van der Waals surface area contributed by atoms with Gasteiger partial charge in [0, 0.05) is 12.6 Å². The first-order valence-corrected chi connectivity index (χ1v) is 5.86. The Balaban J connectivity index is 2.33. The van der Waals surface area contributed by atoms with E-state index in [-0.39, 0.29) is 5.69 Å². The Morgan fingerprint density at radius 2 is 2.00 bits per heavy atom. The van der Waals surface area contributed by atoms with Crippen LogP contribution in [0.1, 0.15) is 29.8 Å². The number of carbonyl (C=O) groups is 2. The van der Waals surface area contributed by atoms with Gasteiger partial charge in [-0.15, -0.1) is 0 Å². The van der Waals surface area contributed by atoms with Crippen LogP contribution in [0.25, 0.3) is 0 Å². The summed E-state index contributed by atoms with van der Waals surface area (Å²) >= 11 is 0. The van der Waals surface area contributed by atoms with Crippen LogP contribution in [0.2, 0.25) is 0 Å². The molecule has 1 aliphatic rings. The van der Waals surface area contributed by atoms with E-state index in [0.29, 0.717) is 19.4 Å². The fraction of sp³-hybridized carbons (Fsp3) is 0.455. The van der Waals surface area contributed by atoms with E-state index >= 15 is 0 Å². The third kappa shape index (κ3) is 2.72. The Labute approximate surface area is 107 Å². The van der Waals surface area contributed by atoms with Crippen molar-refractivity contribution in [2.24, 2.45) is 0 Å². The molecular weight excluding hydrogens is 254 g/mol. The summed E-state index contributed by atoms with van der Waals surface area (Å²) in [5.41, 5.74) is -1.68. The average molecular weight is 267 g/mol. The molecule has 1 saturated heterocycles. The fourth-order valence-electron chi connectivity index (χ4n) is 2.17. The predicted molar refractivity (Wildman–Crippen MR) is 64.0 cm³/mol. The number of carboxylic acids is 1. The van der Waals surface area contributed by atoms with Gasteiger partial charge in [-0.1, -0.05) is 0 Å². The van der Waals surface area contributed by atoms with Crippen LogP contribution >= 0.6 is 0 Å². The van der Waals surface area contributed by atoms with Crippen molar-refractivity contribution in [3.63, 3.8) is 0 Å². The molecule has 19 heavy (non-hydrogen) atoms. The highest BCUT2D eigenvalue weighted by molar-refractivity contribution is 5.95. The molecule has 2 heterocycles. The number of nitrogens with zero attached hydrogens (tertiary/aromatic N) is 1. The monoisotopic (exact) mass is 267 g/mol. The lowest BCUT2D eigenvalue weighted by Gasteiger charge is -2.32. The first-order chi connectivity index (χ1) is 8.99. The highest BCUT2D eigenvalue weighted by Crippen LogP contribution is 2.18. The van der Waals surface area contributed by atoms with Crippen molar-refractivity contribution in [2.75, 3.05) is 6.54 Å². The number of hydrogen-bond donors (Lipinski definition) is 3. The van der Waals surface area contributed by atoms with Gasteiger partial charge in [-0.2, -0.15) is 0 Å². The Hall–Kier alpha value is -2.38. The Morgan fingerprint density at radius 1 is 1.26 bits per heavy atom. The largest absolute Gasteiger partial charge is 0.480 e. The van der Waals surface area contributed by atoms with Crippen LogP contribution in [0.3, 0.4) is 0 Å². The molecule has 1 atom stereocenters. The number of carboxylic acid groups (broad SMARTS) is 1. The topological polar surface area (TPSA) is 123 Å². The van der Waals surface area contributed by atoms with Crippen LogP contribution in [0.5, 0.6) is 0 Å². The van der Waals surface area contributed by atoms with Gasteiger partial charge in [0.2, 0.25) is 0 Å². The van der Waals surface area contributed by atoms with Gasteiger partial charge in [0.1, 0.15) is 11.7 Å². The smallest absolute Gasteiger partial charge is 0.326 e. The molecule has 0 aliphatic carbocycles. The third-order valence-electron chi connectivity index (χ3n) is 3.04. The maximum Gasteiger partial charge on any atom is 0.326 e. The molecule has 0 spiro atoms. The van der Waals surface area contributed by atoms with Crippen molar-refractivity contribution < 1.29 is 14.7 Å². The van der Waals surface area contributed by atoms with Crippen molar-refractivity contribution in [3.05, 3.63) is 32.6 Å². The van der Waals surface area contributed by atoms with Crippen molar-refractivity contribution >= 4 is 11.9 Å². The normalized spacial score (nSPS) is 19.2.